The van der Waals surface area contributed by atoms with Crippen LogP contribution in [0.25, 0.3) is 0 Å². The van der Waals surface area contributed by atoms with Gasteiger partial charge in [0.25, 0.3) is 0 Å². The fraction of sp³-hybridized carbons (Fsp3) is 0.786. The Morgan fingerprint density at radius 1 is 1.47 bits per heavy atom. The number of hydrogen-bond donors (Lipinski definition) is 0. The van der Waals surface area contributed by atoms with Crippen molar-refractivity contribution in [3.05, 3.63) is 12.7 Å². The van der Waals surface area contributed by atoms with E-state index in [2.05, 4.69) is 40.4 Å². The fourth-order valence-electron chi connectivity index (χ4n) is 1.81. The number of amides is 1. The van der Waals surface area contributed by atoms with Gasteiger partial charge in [-0.3, -0.25) is 0 Å². The number of carbonyl (C=O) groups excluding carboxylic acids is 1. The van der Waals surface area contributed by atoms with Crippen molar-refractivity contribution in [2.24, 2.45) is 0 Å². The molecule has 0 aliphatic carbocycles. The minimum atomic E-state index is -1.75. The Bertz CT molecular complexity index is 336. The Morgan fingerprint density at radius 2 is 2.11 bits per heavy atom. The normalized spacial score (nSPS) is 20.5. The van der Waals surface area contributed by atoms with Crippen LogP contribution < -0.4 is 0 Å². The molecule has 0 N–H and O–H groups in total. The van der Waals surface area contributed by atoms with E-state index in [1.165, 1.54) is 0 Å². The predicted molar refractivity (Wildman–Crippen MR) is 79.8 cm³/mol. The maximum Gasteiger partial charge on any atom is 0.410 e. The van der Waals surface area contributed by atoms with Crippen LogP contribution in [-0.2, 0) is 9.16 Å². The van der Waals surface area contributed by atoms with Crippen molar-refractivity contribution in [1.29, 1.82) is 0 Å². The minimum absolute atomic E-state index is 0.150. The molecule has 0 spiro atoms. The van der Waals surface area contributed by atoms with Gasteiger partial charge in [0.2, 0.25) is 0 Å². The SMILES string of the molecule is C=CCOC(=O)N1CCC(O[Si](C)(C)C(C)(C)C)C1. The van der Waals surface area contributed by atoms with Crippen molar-refractivity contribution in [3.8, 4) is 0 Å². The number of nitrogens with zero attached hydrogens (tertiary/aromatic N) is 1. The van der Waals surface area contributed by atoms with Gasteiger partial charge in [-0.25, -0.2) is 4.79 Å². The highest BCUT2D eigenvalue weighted by atomic mass is 28.4. The maximum absolute atomic E-state index is 11.7. The highest BCUT2D eigenvalue weighted by Crippen LogP contribution is 2.38. The summed E-state index contributed by atoms with van der Waals surface area (Å²) in [4.78, 5) is 13.4. The van der Waals surface area contributed by atoms with E-state index in [-0.39, 0.29) is 23.8 Å². The summed E-state index contributed by atoms with van der Waals surface area (Å²) >= 11 is 0. The van der Waals surface area contributed by atoms with Crippen molar-refractivity contribution in [1.82, 2.24) is 4.90 Å². The van der Waals surface area contributed by atoms with E-state index in [9.17, 15) is 4.79 Å². The van der Waals surface area contributed by atoms with Crippen molar-refractivity contribution in [3.63, 3.8) is 0 Å². The third kappa shape index (κ3) is 4.35. The van der Waals surface area contributed by atoms with Crippen molar-refractivity contribution >= 4 is 14.4 Å². The van der Waals surface area contributed by atoms with Crippen LogP contribution in [0.15, 0.2) is 12.7 Å². The molecule has 1 aliphatic heterocycles. The minimum Gasteiger partial charge on any atom is -0.445 e. The van der Waals surface area contributed by atoms with E-state index in [4.69, 9.17) is 9.16 Å². The van der Waals surface area contributed by atoms with E-state index in [1.807, 2.05) is 0 Å². The maximum atomic E-state index is 11.7. The third-order valence-corrected chi connectivity index (χ3v) is 8.53. The monoisotopic (exact) mass is 285 g/mol. The molecule has 0 aromatic carbocycles. The van der Waals surface area contributed by atoms with Gasteiger partial charge >= 0.3 is 6.09 Å². The van der Waals surface area contributed by atoms with Gasteiger partial charge < -0.3 is 14.1 Å². The molecule has 0 aromatic rings. The Morgan fingerprint density at radius 3 is 2.63 bits per heavy atom. The predicted octanol–water partition coefficient (Wildman–Crippen LogP) is 3.41. The van der Waals surface area contributed by atoms with Gasteiger partial charge in [0.15, 0.2) is 8.32 Å². The third-order valence-electron chi connectivity index (χ3n) is 4.00. The molecule has 0 radical (unpaired) electrons. The largest absolute Gasteiger partial charge is 0.445 e. The topological polar surface area (TPSA) is 38.8 Å². The molecule has 0 saturated carbocycles. The molecule has 1 fully saturated rings. The van der Waals surface area contributed by atoms with Crippen LogP contribution in [0.2, 0.25) is 18.1 Å². The molecular formula is C14H27NO3Si. The van der Waals surface area contributed by atoms with Gasteiger partial charge in [-0.1, -0.05) is 33.4 Å². The molecule has 1 unspecified atom stereocenters. The van der Waals surface area contributed by atoms with Gasteiger partial charge in [-0.05, 0) is 24.6 Å². The lowest BCUT2D eigenvalue weighted by Crippen LogP contribution is -2.44. The molecule has 0 aromatic heterocycles. The number of rotatable bonds is 4. The number of carbonyl (C=O) groups is 1. The first-order valence-corrected chi connectivity index (χ1v) is 9.78. The van der Waals surface area contributed by atoms with E-state index >= 15 is 0 Å². The van der Waals surface area contributed by atoms with Crippen LogP contribution >= 0.6 is 0 Å². The second kappa shape index (κ2) is 6.09. The molecule has 1 amide bonds. The zero-order valence-corrected chi connectivity index (χ0v) is 13.9. The van der Waals surface area contributed by atoms with Crippen molar-refractivity contribution in [2.75, 3.05) is 19.7 Å². The highest BCUT2D eigenvalue weighted by molar-refractivity contribution is 6.74. The molecule has 1 rings (SSSR count). The van der Waals surface area contributed by atoms with Gasteiger partial charge in [0.05, 0.1) is 6.10 Å². The molecule has 1 heterocycles. The van der Waals surface area contributed by atoms with E-state index < -0.39 is 8.32 Å². The standard InChI is InChI=1S/C14H27NO3Si/c1-7-10-17-13(16)15-9-8-12(11-15)18-19(5,6)14(2,3)4/h7,12H,1,8-11H2,2-6H3. The first-order valence-electron chi connectivity index (χ1n) is 6.88. The van der Waals surface area contributed by atoms with Gasteiger partial charge in [-0.2, -0.15) is 0 Å². The Balaban J connectivity index is 2.49. The van der Waals surface area contributed by atoms with Crippen LogP contribution in [0, 0.1) is 0 Å². The van der Waals surface area contributed by atoms with Gasteiger partial charge in [0, 0.05) is 13.1 Å². The summed E-state index contributed by atoms with van der Waals surface area (Å²) in [5.74, 6) is 0. The zero-order chi connectivity index (χ0) is 14.7. The molecule has 4 nitrogen and oxygen atoms in total. The molecule has 0 bridgehead atoms. The lowest BCUT2D eigenvalue weighted by atomic mass is 10.2. The summed E-state index contributed by atoms with van der Waals surface area (Å²) < 4.78 is 11.4. The summed E-state index contributed by atoms with van der Waals surface area (Å²) in [5, 5.41) is 0.198. The van der Waals surface area contributed by atoms with E-state index in [0.29, 0.717) is 6.54 Å². The Hall–Kier alpha value is -0.813. The van der Waals surface area contributed by atoms with Crippen LogP contribution in [0.3, 0.4) is 0 Å². The first kappa shape index (κ1) is 16.2. The Labute approximate surface area is 117 Å². The lowest BCUT2D eigenvalue weighted by molar-refractivity contribution is 0.113. The average Bonchev–Trinajstić information content (AvgIpc) is 2.72. The smallest absolute Gasteiger partial charge is 0.410 e. The summed E-state index contributed by atoms with van der Waals surface area (Å²) in [7, 11) is -1.75. The van der Waals surface area contributed by atoms with Crippen LogP contribution in [0.5, 0.6) is 0 Å². The highest BCUT2D eigenvalue weighted by Gasteiger charge is 2.41. The number of likely N-dealkylation sites (tertiary alicyclic amines) is 1. The quantitative estimate of drug-likeness (QED) is 0.587. The van der Waals surface area contributed by atoms with Gasteiger partial charge in [0.1, 0.15) is 6.61 Å². The molecule has 1 atom stereocenters. The van der Waals surface area contributed by atoms with Gasteiger partial charge in [-0.15, -0.1) is 0 Å². The number of hydrogen-bond acceptors (Lipinski definition) is 3. The van der Waals surface area contributed by atoms with E-state index in [0.717, 1.165) is 13.0 Å². The number of ether oxygens (including phenoxy) is 1. The molecule has 5 heteroatoms. The zero-order valence-electron chi connectivity index (χ0n) is 12.9. The van der Waals surface area contributed by atoms with Crippen LogP contribution in [0.1, 0.15) is 27.2 Å². The molecule has 19 heavy (non-hydrogen) atoms. The first-order chi connectivity index (χ1) is 8.67. The summed E-state index contributed by atoms with van der Waals surface area (Å²) in [5.41, 5.74) is 0. The van der Waals surface area contributed by atoms with Crippen LogP contribution in [0.4, 0.5) is 4.79 Å². The summed E-state index contributed by atoms with van der Waals surface area (Å²) in [6, 6.07) is 0. The summed E-state index contributed by atoms with van der Waals surface area (Å²) in [6.45, 7) is 16.3. The Kier molecular flexibility index (Phi) is 5.21. The molecule has 1 aliphatic rings. The van der Waals surface area contributed by atoms with Crippen molar-refractivity contribution in [2.45, 2.75) is 51.4 Å². The second-order valence-electron chi connectivity index (χ2n) is 6.60. The second-order valence-corrected chi connectivity index (χ2v) is 11.4. The lowest BCUT2D eigenvalue weighted by Gasteiger charge is -2.38. The van der Waals surface area contributed by atoms with Crippen LogP contribution in [-0.4, -0.2) is 45.1 Å². The molecular weight excluding hydrogens is 258 g/mol. The fourth-order valence-corrected chi connectivity index (χ4v) is 3.18. The molecule has 1 saturated heterocycles. The molecule has 110 valence electrons. The van der Waals surface area contributed by atoms with Crippen molar-refractivity contribution < 1.29 is 14.0 Å². The average molecular weight is 285 g/mol. The van der Waals surface area contributed by atoms with E-state index in [1.54, 1.807) is 11.0 Å². The summed E-state index contributed by atoms with van der Waals surface area (Å²) in [6.07, 6.45) is 2.37.